The highest BCUT2D eigenvalue weighted by molar-refractivity contribution is 5.47. The fraction of sp³-hybridized carbons (Fsp3) is 0.600. The van der Waals surface area contributed by atoms with Crippen LogP contribution < -0.4 is 10.1 Å². The standard InChI is InChI=1S/C15H23F2NO/c1-4-11(3)10-12(5-2)18-13-6-8-14(9-7-13)19-15(16)17/h6-9,11-12,15,18H,4-5,10H2,1-3H3. The number of hydrogen-bond donors (Lipinski definition) is 1. The smallest absolute Gasteiger partial charge is 0.387 e. The van der Waals surface area contributed by atoms with E-state index >= 15 is 0 Å². The molecule has 0 aliphatic heterocycles. The fourth-order valence-electron chi connectivity index (χ4n) is 1.95. The second-order valence-electron chi connectivity index (χ2n) is 4.90. The number of anilines is 1. The van der Waals surface area contributed by atoms with E-state index in [-0.39, 0.29) is 5.75 Å². The summed E-state index contributed by atoms with van der Waals surface area (Å²) in [6.45, 7) is 3.80. The average molecular weight is 271 g/mol. The highest BCUT2D eigenvalue weighted by Crippen LogP contribution is 2.21. The maximum absolute atomic E-state index is 12.0. The Morgan fingerprint density at radius 2 is 1.74 bits per heavy atom. The summed E-state index contributed by atoms with van der Waals surface area (Å²) in [5, 5.41) is 3.43. The van der Waals surface area contributed by atoms with Crippen LogP contribution in [0.15, 0.2) is 24.3 Å². The molecule has 0 aromatic heterocycles. The van der Waals surface area contributed by atoms with Gasteiger partial charge in [-0.2, -0.15) is 8.78 Å². The van der Waals surface area contributed by atoms with Crippen molar-refractivity contribution in [3.05, 3.63) is 24.3 Å². The lowest BCUT2D eigenvalue weighted by molar-refractivity contribution is -0.0498. The van der Waals surface area contributed by atoms with Crippen molar-refractivity contribution in [2.75, 3.05) is 5.32 Å². The van der Waals surface area contributed by atoms with Crippen LogP contribution in [-0.4, -0.2) is 12.7 Å². The summed E-state index contributed by atoms with van der Waals surface area (Å²) >= 11 is 0. The molecule has 0 aliphatic rings. The van der Waals surface area contributed by atoms with Crippen molar-refractivity contribution in [1.29, 1.82) is 0 Å². The van der Waals surface area contributed by atoms with Crippen molar-refractivity contribution < 1.29 is 13.5 Å². The van der Waals surface area contributed by atoms with Crippen LogP contribution >= 0.6 is 0 Å². The molecule has 1 aromatic rings. The molecule has 0 fully saturated rings. The van der Waals surface area contributed by atoms with E-state index in [0.717, 1.165) is 18.5 Å². The van der Waals surface area contributed by atoms with Crippen LogP contribution in [0.1, 0.15) is 40.0 Å². The average Bonchev–Trinajstić information content (AvgIpc) is 2.39. The highest BCUT2D eigenvalue weighted by atomic mass is 19.3. The number of halogens is 2. The molecule has 0 heterocycles. The van der Waals surface area contributed by atoms with Gasteiger partial charge in [0.2, 0.25) is 0 Å². The lowest BCUT2D eigenvalue weighted by Crippen LogP contribution is -2.21. The quantitative estimate of drug-likeness (QED) is 0.725. The zero-order chi connectivity index (χ0) is 14.3. The first kappa shape index (κ1) is 15.7. The van der Waals surface area contributed by atoms with Crippen molar-refractivity contribution in [3.63, 3.8) is 0 Å². The van der Waals surface area contributed by atoms with Crippen LogP contribution in [-0.2, 0) is 0 Å². The molecule has 1 N–H and O–H groups in total. The number of rotatable bonds is 8. The molecule has 0 spiro atoms. The van der Waals surface area contributed by atoms with Gasteiger partial charge in [0.15, 0.2) is 0 Å². The molecule has 1 rings (SSSR count). The Bertz CT molecular complexity index is 354. The Balaban J connectivity index is 2.55. The Kier molecular flexibility index (Phi) is 6.60. The van der Waals surface area contributed by atoms with Gasteiger partial charge in [0.05, 0.1) is 0 Å². The summed E-state index contributed by atoms with van der Waals surface area (Å²) in [6.07, 6.45) is 3.32. The number of nitrogens with one attached hydrogen (secondary N) is 1. The zero-order valence-electron chi connectivity index (χ0n) is 11.8. The van der Waals surface area contributed by atoms with E-state index in [1.165, 1.54) is 6.42 Å². The maximum Gasteiger partial charge on any atom is 0.387 e. The minimum atomic E-state index is -2.77. The minimum absolute atomic E-state index is 0.190. The van der Waals surface area contributed by atoms with Gasteiger partial charge in [0.25, 0.3) is 0 Å². The number of hydrogen-bond acceptors (Lipinski definition) is 2. The van der Waals surface area contributed by atoms with Crippen LogP contribution in [0.5, 0.6) is 5.75 Å². The van der Waals surface area contributed by atoms with E-state index in [2.05, 4.69) is 30.8 Å². The lowest BCUT2D eigenvalue weighted by Gasteiger charge is -2.21. The zero-order valence-corrected chi connectivity index (χ0v) is 11.8. The third-order valence-corrected chi connectivity index (χ3v) is 3.33. The third-order valence-electron chi connectivity index (χ3n) is 3.33. The van der Waals surface area contributed by atoms with Gasteiger partial charge in [-0.05, 0) is 43.0 Å². The van der Waals surface area contributed by atoms with Crippen LogP contribution in [0.2, 0.25) is 0 Å². The second-order valence-corrected chi connectivity index (χ2v) is 4.90. The molecular formula is C15H23F2NO. The number of alkyl halides is 2. The summed E-state index contributed by atoms with van der Waals surface area (Å²) < 4.78 is 28.4. The predicted molar refractivity (Wildman–Crippen MR) is 74.8 cm³/mol. The van der Waals surface area contributed by atoms with Gasteiger partial charge in [-0.3, -0.25) is 0 Å². The third kappa shape index (κ3) is 5.90. The molecule has 4 heteroatoms. The molecule has 0 amide bonds. The van der Waals surface area contributed by atoms with Crippen molar-refractivity contribution >= 4 is 5.69 Å². The van der Waals surface area contributed by atoms with E-state index < -0.39 is 6.61 Å². The summed E-state index contributed by atoms with van der Waals surface area (Å²) in [4.78, 5) is 0. The van der Waals surface area contributed by atoms with Gasteiger partial charge in [-0.25, -0.2) is 0 Å². The van der Waals surface area contributed by atoms with E-state index in [0.29, 0.717) is 12.0 Å². The Morgan fingerprint density at radius 1 is 1.11 bits per heavy atom. The summed E-state index contributed by atoms with van der Waals surface area (Å²) in [5.41, 5.74) is 0.941. The minimum Gasteiger partial charge on any atom is -0.435 e. The van der Waals surface area contributed by atoms with Gasteiger partial charge in [0.1, 0.15) is 5.75 Å². The normalized spacial score (nSPS) is 14.2. The molecule has 0 radical (unpaired) electrons. The van der Waals surface area contributed by atoms with Crippen molar-refractivity contribution in [2.24, 2.45) is 5.92 Å². The van der Waals surface area contributed by atoms with Crippen LogP contribution in [0.25, 0.3) is 0 Å². The van der Waals surface area contributed by atoms with Crippen molar-refractivity contribution in [1.82, 2.24) is 0 Å². The Labute approximate surface area is 114 Å². The monoisotopic (exact) mass is 271 g/mol. The van der Waals surface area contributed by atoms with Gasteiger partial charge >= 0.3 is 6.61 Å². The van der Waals surface area contributed by atoms with E-state index in [1.807, 2.05) is 0 Å². The highest BCUT2D eigenvalue weighted by Gasteiger charge is 2.10. The van der Waals surface area contributed by atoms with E-state index in [1.54, 1.807) is 24.3 Å². The largest absolute Gasteiger partial charge is 0.435 e. The second kappa shape index (κ2) is 7.97. The van der Waals surface area contributed by atoms with Gasteiger partial charge in [0, 0.05) is 11.7 Å². The summed E-state index contributed by atoms with van der Waals surface area (Å²) in [6, 6.07) is 7.08. The number of ether oxygens (including phenoxy) is 1. The molecule has 2 atom stereocenters. The first-order chi connectivity index (χ1) is 9.05. The topological polar surface area (TPSA) is 21.3 Å². The van der Waals surface area contributed by atoms with Crippen LogP contribution in [0.3, 0.4) is 0 Å². The maximum atomic E-state index is 12.0. The molecule has 108 valence electrons. The molecule has 1 aromatic carbocycles. The SMILES string of the molecule is CCC(C)CC(CC)Nc1ccc(OC(F)F)cc1. The van der Waals surface area contributed by atoms with Gasteiger partial charge < -0.3 is 10.1 Å². The number of benzene rings is 1. The lowest BCUT2D eigenvalue weighted by atomic mass is 9.97. The fourth-order valence-corrected chi connectivity index (χ4v) is 1.95. The molecule has 0 saturated carbocycles. The first-order valence-corrected chi connectivity index (χ1v) is 6.86. The summed E-state index contributed by atoms with van der Waals surface area (Å²) in [5.74, 6) is 0.870. The van der Waals surface area contributed by atoms with Gasteiger partial charge in [-0.15, -0.1) is 0 Å². The molecule has 2 nitrogen and oxygen atoms in total. The molecule has 2 unspecified atom stereocenters. The molecular weight excluding hydrogens is 248 g/mol. The van der Waals surface area contributed by atoms with Crippen LogP contribution in [0.4, 0.5) is 14.5 Å². The van der Waals surface area contributed by atoms with Crippen LogP contribution in [0, 0.1) is 5.92 Å². The first-order valence-electron chi connectivity index (χ1n) is 6.86. The molecule has 0 bridgehead atoms. The molecule has 19 heavy (non-hydrogen) atoms. The van der Waals surface area contributed by atoms with Crippen molar-refractivity contribution in [3.8, 4) is 5.75 Å². The predicted octanol–water partition coefficient (Wildman–Crippen LogP) is 4.91. The van der Waals surface area contributed by atoms with E-state index in [9.17, 15) is 8.78 Å². The molecule has 0 aliphatic carbocycles. The summed E-state index contributed by atoms with van der Waals surface area (Å²) in [7, 11) is 0. The van der Waals surface area contributed by atoms with E-state index in [4.69, 9.17) is 0 Å². The van der Waals surface area contributed by atoms with Gasteiger partial charge in [-0.1, -0.05) is 27.2 Å². The molecule has 0 saturated heterocycles. The van der Waals surface area contributed by atoms with Crippen molar-refractivity contribution in [2.45, 2.75) is 52.7 Å². The Morgan fingerprint density at radius 3 is 2.21 bits per heavy atom. The Hall–Kier alpha value is -1.32.